The van der Waals surface area contributed by atoms with E-state index in [1.165, 1.54) is 12.8 Å². The molecule has 1 aromatic carbocycles. The Bertz CT molecular complexity index is 646. The Morgan fingerprint density at radius 3 is 2.59 bits per heavy atom. The first-order valence-corrected chi connectivity index (χ1v) is 7.75. The van der Waals surface area contributed by atoms with Gasteiger partial charge >= 0.3 is 0 Å². The van der Waals surface area contributed by atoms with Gasteiger partial charge in [-0.3, -0.25) is 4.79 Å². The summed E-state index contributed by atoms with van der Waals surface area (Å²) in [6, 6.07) is 10.8. The number of aromatic hydroxyl groups is 1. The van der Waals surface area contributed by atoms with Gasteiger partial charge < -0.3 is 10.0 Å². The van der Waals surface area contributed by atoms with Gasteiger partial charge in [0.1, 0.15) is 11.6 Å². The minimum absolute atomic E-state index is 0.0401. The fourth-order valence-corrected chi connectivity index (χ4v) is 2.80. The van der Waals surface area contributed by atoms with Crippen molar-refractivity contribution in [2.24, 2.45) is 0 Å². The molecule has 1 N–H and O–H groups in total. The number of benzene rings is 1. The molecule has 0 unspecified atom stereocenters. The molecule has 1 aliphatic rings. The number of para-hydroxylation sites is 1. The Labute approximate surface area is 130 Å². The van der Waals surface area contributed by atoms with Gasteiger partial charge in [0.15, 0.2) is 5.78 Å². The van der Waals surface area contributed by atoms with E-state index in [1.807, 2.05) is 18.3 Å². The number of carbonyl (C=O) groups excluding carboxylic acids is 1. The first-order valence-electron chi connectivity index (χ1n) is 7.75. The first kappa shape index (κ1) is 14.6. The summed E-state index contributed by atoms with van der Waals surface area (Å²) in [6.07, 6.45) is 5.34. The highest BCUT2D eigenvalue weighted by Crippen LogP contribution is 2.20. The molecule has 2 heterocycles. The van der Waals surface area contributed by atoms with Crippen molar-refractivity contribution in [3.63, 3.8) is 0 Å². The van der Waals surface area contributed by atoms with E-state index in [2.05, 4.69) is 9.88 Å². The molecular weight excluding hydrogens is 276 g/mol. The maximum absolute atomic E-state index is 12.1. The van der Waals surface area contributed by atoms with Gasteiger partial charge in [-0.15, -0.1) is 0 Å². The summed E-state index contributed by atoms with van der Waals surface area (Å²) in [6.45, 7) is 2.16. The van der Waals surface area contributed by atoms with Crippen molar-refractivity contribution in [2.45, 2.75) is 25.7 Å². The quantitative estimate of drug-likeness (QED) is 0.861. The van der Waals surface area contributed by atoms with Gasteiger partial charge in [0.2, 0.25) is 0 Å². The molecular formula is C18H20N2O2. The minimum Gasteiger partial charge on any atom is -0.507 e. The number of phenols is 1. The van der Waals surface area contributed by atoms with Crippen LogP contribution in [0.15, 0.2) is 42.6 Å². The largest absolute Gasteiger partial charge is 0.507 e. The van der Waals surface area contributed by atoms with Gasteiger partial charge in [0.25, 0.3) is 0 Å². The molecule has 0 atom stereocenters. The standard InChI is InChI=1S/C18H20N2O2/c21-16-6-2-1-5-15(16)17(22)9-7-14-8-10-18(19-13-14)20-11-3-4-12-20/h1-2,5-6,8,10,13,21H,3-4,7,9,11-12H2. The number of nitrogens with zero attached hydrogens (tertiary/aromatic N) is 2. The van der Waals surface area contributed by atoms with Crippen LogP contribution < -0.4 is 4.90 Å². The van der Waals surface area contributed by atoms with Crippen LogP contribution in [-0.2, 0) is 6.42 Å². The number of phenolic OH excluding ortho intramolecular Hbond substituents is 1. The third-order valence-electron chi connectivity index (χ3n) is 4.08. The Kier molecular flexibility index (Phi) is 4.37. The number of Topliss-reactive ketones (excluding diaryl/α,β-unsaturated/α-hetero) is 1. The van der Waals surface area contributed by atoms with Crippen molar-refractivity contribution in [3.8, 4) is 5.75 Å². The average molecular weight is 296 g/mol. The van der Waals surface area contributed by atoms with E-state index >= 15 is 0 Å². The Hall–Kier alpha value is -2.36. The minimum atomic E-state index is -0.0401. The predicted molar refractivity (Wildman–Crippen MR) is 86.4 cm³/mol. The normalized spacial score (nSPS) is 14.3. The summed E-state index contributed by atoms with van der Waals surface area (Å²) in [7, 11) is 0. The van der Waals surface area contributed by atoms with Crippen LogP contribution in [0.2, 0.25) is 0 Å². The van der Waals surface area contributed by atoms with Gasteiger partial charge in [-0.05, 0) is 43.0 Å². The summed E-state index contributed by atoms with van der Waals surface area (Å²) in [4.78, 5) is 18.9. The number of ketones is 1. The predicted octanol–water partition coefficient (Wildman–Crippen LogP) is 3.20. The van der Waals surface area contributed by atoms with Gasteiger partial charge in [0.05, 0.1) is 5.56 Å². The number of aromatic nitrogens is 1. The zero-order valence-corrected chi connectivity index (χ0v) is 12.5. The fourth-order valence-electron chi connectivity index (χ4n) is 2.80. The van der Waals surface area contributed by atoms with Crippen LogP contribution in [0.3, 0.4) is 0 Å². The SMILES string of the molecule is O=C(CCc1ccc(N2CCCC2)nc1)c1ccccc1O. The van der Waals surface area contributed by atoms with Crippen molar-refractivity contribution in [2.75, 3.05) is 18.0 Å². The first-order chi connectivity index (χ1) is 10.7. The number of aryl methyl sites for hydroxylation is 1. The summed E-state index contributed by atoms with van der Waals surface area (Å²) in [5, 5.41) is 9.70. The van der Waals surface area contributed by atoms with Crippen LogP contribution in [0.4, 0.5) is 5.82 Å². The molecule has 4 heteroatoms. The van der Waals surface area contributed by atoms with Crippen LogP contribution in [-0.4, -0.2) is 29.0 Å². The summed E-state index contributed by atoms with van der Waals surface area (Å²) < 4.78 is 0. The van der Waals surface area contributed by atoms with Crippen LogP contribution >= 0.6 is 0 Å². The highest BCUT2D eigenvalue weighted by molar-refractivity contribution is 5.98. The van der Waals surface area contributed by atoms with Gasteiger partial charge in [0, 0.05) is 25.7 Å². The lowest BCUT2D eigenvalue weighted by atomic mass is 10.0. The number of hydrogen-bond donors (Lipinski definition) is 1. The molecule has 3 rings (SSSR count). The lowest BCUT2D eigenvalue weighted by Gasteiger charge is -2.16. The average Bonchev–Trinajstić information content (AvgIpc) is 3.08. The highest BCUT2D eigenvalue weighted by Gasteiger charge is 2.14. The molecule has 22 heavy (non-hydrogen) atoms. The molecule has 0 aliphatic carbocycles. The number of carbonyl (C=O) groups is 1. The second-order valence-corrected chi connectivity index (χ2v) is 5.66. The Morgan fingerprint density at radius 1 is 1.14 bits per heavy atom. The van der Waals surface area contributed by atoms with E-state index in [-0.39, 0.29) is 11.5 Å². The van der Waals surface area contributed by atoms with E-state index < -0.39 is 0 Å². The number of pyridine rings is 1. The zero-order valence-electron chi connectivity index (χ0n) is 12.5. The summed E-state index contributed by atoms with van der Waals surface area (Å²) in [5.74, 6) is 1.03. The molecule has 0 spiro atoms. The Morgan fingerprint density at radius 2 is 1.91 bits per heavy atom. The lowest BCUT2D eigenvalue weighted by molar-refractivity contribution is 0.0980. The third kappa shape index (κ3) is 3.27. The van der Waals surface area contributed by atoms with Crippen molar-refractivity contribution in [1.29, 1.82) is 0 Å². The van der Waals surface area contributed by atoms with E-state index in [1.54, 1.807) is 24.3 Å². The number of anilines is 1. The molecule has 1 fully saturated rings. The summed E-state index contributed by atoms with van der Waals surface area (Å²) in [5.41, 5.74) is 1.44. The van der Waals surface area contributed by atoms with E-state index in [0.29, 0.717) is 18.4 Å². The van der Waals surface area contributed by atoms with Crippen molar-refractivity contribution in [1.82, 2.24) is 4.98 Å². The molecule has 114 valence electrons. The van der Waals surface area contributed by atoms with Crippen molar-refractivity contribution in [3.05, 3.63) is 53.7 Å². The van der Waals surface area contributed by atoms with Crippen LogP contribution in [0.25, 0.3) is 0 Å². The van der Waals surface area contributed by atoms with Crippen LogP contribution in [0.1, 0.15) is 35.2 Å². The van der Waals surface area contributed by atoms with Crippen LogP contribution in [0, 0.1) is 0 Å². The maximum Gasteiger partial charge on any atom is 0.166 e. The van der Waals surface area contributed by atoms with Crippen molar-refractivity contribution < 1.29 is 9.90 Å². The molecule has 0 saturated carbocycles. The van der Waals surface area contributed by atoms with E-state index in [9.17, 15) is 9.90 Å². The van der Waals surface area contributed by atoms with Gasteiger partial charge in [-0.1, -0.05) is 18.2 Å². The second kappa shape index (κ2) is 6.60. The number of rotatable bonds is 5. The third-order valence-corrected chi connectivity index (χ3v) is 4.08. The molecule has 1 aromatic heterocycles. The molecule has 4 nitrogen and oxygen atoms in total. The van der Waals surface area contributed by atoms with Crippen molar-refractivity contribution >= 4 is 11.6 Å². The van der Waals surface area contributed by atoms with E-state index in [0.717, 1.165) is 24.5 Å². The molecule has 2 aromatic rings. The molecule has 0 radical (unpaired) electrons. The zero-order chi connectivity index (χ0) is 15.4. The Balaban J connectivity index is 1.59. The van der Waals surface area contributed by atoms with Gasteiger partial charge in [-0.25, -0.2) is 4.98 Å². The van der Waals surface area contributed by atoms with Gasteiger partial charge in [-0.2, -0.15) is 0 Å². The maximum atomic E-state index is 12.1. The molecule has 0 amide bonds. The topological polar surface area (TPSA) is 53.4 Å². The lowest BCUT2D eigenvalue weighted by Crippen LogP contribution is -2.18. The molecule has 1 aliphatic heterocycles. The highest BCUT2D eigenvalue weighted by atomic mass is 16.3. The fraction of sp³-hybridized carbons (Fsp3) is 0.333. The number of hydrogen-bond acceptors (Lipinski definition) is 4. The van der Waals surface area contributed by atoms with Crippen LogP contribution in [0.5, 0.6) is 5.75 Å². The monoisotopic (exact) mass is 296 g/mol. The smallest absolute Gasteiger partial charge is 0.166 e. The molecule has 1 saturated heterocycles. The molecule has 0 bridgehead atoms. The second-order valence-electron chi connectivity index (χ2n) is 5.66. The summed E-state index contributed by atoms with van der Waals surface area (Å²) >= 11 is 0. The van der Waals surface area contributed by atoms with E-state index in [4.69, 9.17) is 0 Å².